The minimum Gasteiger partial charge on any atom is -0.466 e. The summed E-state index contributed by atoms with van der Waals surface area (Å²) >= 11 is 0. The third kappa shape index (κ3) is 3.16. The smallest absolute Gasteiger partial charge is 0.148 e. The summed E-state index contributed by atoms with van der Waals surface area (Å²) in [5, 5.41) is 3.42. The molecule has 2 heterocycles. The van der Waals surface area contributed by atoms with Crippen LogP contribution < -0.4 is 16.6 Å². The van der Waals surface area contributed by atoms with Crippen molar-refractivity contribution in [3.63, 3.8) is 0 Å². The van der Waals surface area contributed by atoms with Crippen LogP contribution in [0.3, 0.4) is 0 Å². The third-order valence-electron chi connectivity index (χ3n) is 3.54. The first kappa shape index (κ1) is 15.3. The second-order valence-electron chi connectivity index (χ2n) is 5.19. The Hall–Kier alpha value is -2.08. The minimum atomic E-state index is 0.0892. The highest BCUT2D eigenvalue weighted by Gasteiger charge is 2.16. The van der Waals surface area contributed by atoms with Gasteiger partial charge in [0, 0.05) is 17.5 Å². The van der Waals surface area contributed by atoms with Crippen LogP contribution in [0.4, 0.5) is 11.6 Å². The quantitative estimate of drug-likeness (QED) is 0.579. The van der Waals surface area contributed by atoms with Gasteiger partial charge in [0.15, 0.2) is 0 Å². The predicted molar refractivity (Wildman–Crippen MR) is 84.2 cm³/mol. The highest BCUT2D eigenvalue weighted by atomic mass is 16.3. The van der Waals surface area contributed by atoms with Crippen LogP contribution >= 0.6 is 0 Å². The van der Waals surface area contributed by atoms with Gasteiger partial charge in [-0.1, -0.05) is 6.92 Å². The fourth-order valence-electron chi connectivity index (χ4n) is 2.37. The number of hydrogen-bond donors (Lipinski definition) is 3. The average molecular weight is 289 g/mol. The molecule has 0 spiro atoms. The Morgan fingerprint density at radius 2 is 1.90 bits per heavy atom. The second-order valence-corrected chi connectivity index (χ2v) is 5.19. The number of aryl methyl sites for hydroxylation is 3. The maximum Gasteiger partial charge on any atom is 0.148 e. The molecule has 0 fully saturated rings. The first-order valence-corrected chi connectivity index (χ1v) is 7.13. The molecule has 1 unspecified atom stereocenters. The molecule has 2 aromatic heterocycles. The van der Waals surface area contributed by atoms with Crippen molar-refractivity contribution in [2.45, 2.75) is 47.1 Å². The first-order valence-electron chi connectivity index (χ1n) is 7.13. The molecule has 0 aromatic carbocycles. The number of nitrogen functional groups attached to an aromatic ring is 1. The van der Waals surface area contributed by atoms with Crippen molar-refractivity contribution in [2.24, 2.45) is 5.84 Å². The lowest BCUT2D eigenvalue weighted by Crippen LogP contribution is -2.16. The Morgan fingerprint density at radius 3 is 2.43 bits per heavy atom. The van der Waals surface area contributed by atoms with Gasteiger partial charge in [0.05, 0.1) is 6.04 Å². The van der Waals surface area contributed by atoms with Gasteiger partial charge < -0.3 is 15.2 Å². The standard InChI is InChI=1S/C15H23N5O/c1-6-13-18-14(9(3)15(19-13)20-16)17-10(4)12-7-8(2)21-11(12)5/h7,10H,6,16H2,1-5H3,(H2,17,18,19,20). The first-order chi connectivity index (χ1) is 9.96. The molecule has 0 saturated carbocycles. The Bertz CT molecular complexity index is 635. The summed E-state index contributed by atoms with van der Waals surface area (Å²) in [6.45, 7) is 9.96. The molecule has 0 aliphatic carbocycles. The zero-order chi connectivity index (χ0) is 15.6. The molecule has 6 nitrogen and oxygen atoms in total. The molecule has 1 atom stereocenters. The lowest BCUT2D eigenvalue weighted by molar-refractivity contribution is 0.499. The van der Waals surface area contributed by atoms with Gasteiger partial charge in [-0.25, -0.2) is 15.8 Å². The predicted octanol–water partition coefficient (Wildman–Crippen LogP) is 3.02. The Labute approximate surface area is 125 Å². The summed E-state index contributed by atoms with van der Waals surface area (Å²) in [7, 11) is 0. The van der Waals surface area contributed by atoms with Crippen LogP contribution in [0, 0.1) is 20.8 Å². The van der Waals surface area contributed by atoms with Crippen LogP contribution in [0.5, 0.6) is 0 Å². The van der Waals surface area contributed by atoms with E-state index in [9.17, 15) is 0 Å². The zero-order valence-corrected chi connectivity index (χ0v) is 13.2. The largest absolute Gasteiger partial charge is 0.466 e. The van der Waals surface area contributed by atoms with Crippen molar-refractivity contribution in [1.29, 1.82) is 0 Å². The van der Waals surface area contributed by atoms with Crippen LogP contribution in [0.1, 0.15) is 48.4 Å². The van der Waals surface area contributed by atoms with Crippen molar-refractivity contribution in [3.05, 3.63) is 34.5 Å². The number of rotatable bonds is 5. The maximum atomic E-state index is 5.59. The van der Waals surface area contributed by atoms with Crippen LogP contribution in [0.15, 0.2) is 10.5 Å². The van der Waals surface area contributed by atoms with Crippen LogP contribution in [-0.2, 0) is 6.42 Å². The molecule has 2 aromatic rings. The highest BCUT2D eigenvalue weighted by molar-refractivity contribution is 5.57. The summed E-state index contributed by atoms with van der Waals surface area (Å²) < 4.78 is 5.59. The summed E-state index contributed by atoms with van der Waals surface area (Å²) in [4.78, 5) is 8.92. The summed E-state index contributed by atoms with van der Waals surface area (Å²) in [6.07, 6.45) is 0.752. The van der Waals surface area contributed by atoms with E-state index in [4.69, 9.17) is 10.3 Å². The summed E-state index contributed by atoms with van der Waals surface area (Å²) in [6, 6.07) is 2.14. The van der Waals surface area contributed by atoms with Crippen molar-refractivity contribution in [2.75, 3.05) is 10.7 Å². The molecule has 0 bridgehead atoms. The van der Waals surface area contributed by atoms with E-state index in [0.717, 1.165) is 40.7 Å². The Kier molecular flexibility index (Phi) is 4.47. The SMILES string of the molecule is CCc1nc(NN)c(C)c(NC(C)c2cc(C)oc2C)n1. The monoisotopic (exact) mass is 289 g/mol. The second kappa shape index (κ2) is 6.13. The van der Waals surface area contributed by atoms with E-state index >= 15 is 0 Å². The molecule has 114 valence electrons. The molecular formula is C15H23N5O. The molecule has 6 heteroatoms. The number of anilines is 2. The summed E-state index contributed by atoms with van der Waals surface area (Å²) in [5.41, 5.74) is 4.66. The molecule has 0 amide bonds. The molecule has 0 aliphatic rings. The van der Waals surface area contributed by atoms with Gasteiger partial charge in [0.2, 0.25) is 0 Å². The Morgan fingerprint density at radius 1 is 1.24 bits per heavy atom. The van der Waals surface area contributed by atoms with Gasteiger partial charge >= 0.3 is 0 Å². The minimum absolute atomic E-state index is 0.0892. The van der Waals surface area contributed by atoms with Gasteiger partial charge in [0.1, 0.15) is 29.0 Å². The van der Waals surface area contributed by atoms with Gasteiger partial charge in [-0.15, -0.1) is 0 Å². The molecule has 0 saturated heterocycles. The van der Waals surface area contributed by atoms with Gasteiger partial charge in [-0.3, -0.25) is 0 Å². The fourth-order valence-corrected chi connectivity index (χ4v) is 2.37. The molecule has 2 rings (SSSR count). The number of hydrazine groups is 1. The van der Waals surface area contributed by atoms with E-state index in [-0.39, 0.29) is 6.04 Å². The molecule has 4 N–H and O–H groups in total. The van der Waals surface area contributed by atoms with E-state index in [1.165, 1.54) is 0 Å². The van der Waals surface area contributed by atoms with Crippen molar-refractivity contribution < 1.29 is 4.42 Å². The van der Waals surface area contributed by atoms with Crippen LogP contribution in [-0.4, -0.2) is 9.97 Å². The summed E-state index contributed by atoms with van der Waals surface area (Å²) in [5.74, 6) is 9.56. The fraction of sp³-hybridized carbons (Fsp3) is 0.467. The van der Waals surface area contributed by atoms with Crippen molar-refractivity contribution >= 4 is 11.6 Å². The number of furan rings is 1. The van der Waals surface area contributed by atoms with Gasteiger partial charge in [-0.05, 0) is 33.8 Å². The van der Waals surface area contributed by atoms with E-state index in [0.29, 0.717) is 5.82 Å². The average Bonchev–Trinajstić information content (AvgIpc) is 2.80. The number of hydrogen-bond acceptors (Lipinski definition) is 6. The Balaban J connectivity index is 2.32. The van der Waals surface area contributed by atoms with Crippen molar-refractivity contribution in [3.8, 4) is 0 Å². The molecule has 0 aliphatic heterocycles. The van der Waals surface area contributed by atoms with Crippen LogP contribution in [0.25, 0.3) is 0 Å². The number of nitrogens with two attached hydrogens (primary N) is 1. The molecule has 21 heavy (non-hydrogen) atoms. The van der Waals surface area contributed by atoms with E-state index in [1.54, 1.807) is 0 Å². The maximum absolute atomic E-state index is 5.59. The van der Waals surface area contributed by atoms with E-state index in [1.807, 2.05) is 33.8 Å². The van der Waals surface area contributed by atoms with Gasteiger partial charge in [0.25, 0.3) is 0 Å². The van der Waals surface area contributed by atoms with E-state index < -0.39 is 0 Å². The third-order valence-corrected chi connectivity index (χ3v) is 3.54. The van der Waals surface area contributed by atoms with Crippen LogP contribution in [0.2, 0.25) is 0 Å². The van der Waals surface area contributed by atoms with Crippen molar-refractivity contribution in [1.82, 2.24) is 9.97 Å². The number of nitrogens with one attached hydrogen (secondary N) is 2. The highest BCUT2D eigenvalue weighted by Crippen LogP contribution is 2.27. The normalized spacial score (nSPS) is 12.3. The lowest BCUT2D eigenvalue weighted by Gasteiger charge is -2.18. The zero-order valence-electron chi connectivity index (χ0n) is 13.2. The van der Waals surface area contributed by atoms with E-state index in [2.05, 4.69) is 27.6 Å². The number of nitrogens with zero attached hydrogens (tertiary/aromatic N) is 2. The topological polar surface area (TPSA) is 89.0 Å². The van der Waals surface area contributed by atoms with Gasteiger partial charge in [-0.2, -0.15) is 0 Å². The number of aromatic nitrogens is 2. The lowest BCUT2D eigenvalue weighted by atomic mass is 10.1. The molecular weight excluding hydrogens is 266 g/mol. The molecule has 0 radical (unpaired) electrons.